The van der Waals surface area contributed by atoms with Crippen LogP contribution in [0, 0.1) is 0 Å². The first-order valence-corrected chi connectivity index (χ1v) is 12.4. The third-order valence-corrected chi connectivity index (χ3v) is 8.04. The second kappa shape index (κ2) is 10.2. The molecule has 1 unspecified atom stereocenters. The molecule has 3 saturated heterocycles. The first-order chi connectivity index (χ1) is 13.9. The molecule has 3 fully saturated rings. The summed E-state index contributed by atoms with van der Waals surface area (Å²) in [6.45, 7) is 7.46. The Morgan fingerprint density at radius 3 is 2.24 bits per heavy atom. The molecule has 166 valence electrons. The largest absolute Gasteiger partial charge is 0.379 e. The third kappa shape index (κ3) is 5.68. The molecular formula is C19H34N4O5S. The molecule has 3 aliphatic heterocycles. The van der Waals surface area contributed by atoms with Crippen molar-refractivity contribution in [2.75, 3.05) is 71.3 Å². The van der Waals surface area contributed by atoms with Crippen LogP contribution in [0.5, 0.6) is 0 Å². The van der Waals surface area contributed by atoms with Gasteiger partial charge in [-0.2, -0.15) is 4.31 Å². The zero-order valence-electron chi connectivity index (χ0n) is 17.4. The van der Waals surface area contributed by atoms with E-state index in [1.807, 2.05) is 11.8 Å². The molecule has 9 nitrogen and oxygen atoms in total. The van der Waals surface area contributed by atoms with Crippen LogP contribution in [0.15, 0.2) is 0 Å². The molecule has 3 aliphatic rings. The number of sulfonamides is 1. The van der Waals surface area contributed by atoms with Crippen LogP contribution in [0.4, 0.5) is 0 Å². The number of nitrogens with zero attached hydrogens (tertiary/aromatic N) is 4. The van der Waals surface area contributed by atoms with E-state index in [-0.39, 0.29) is 17.6 Å². The molecule has 2 amide bonds. The lowest BCUT2D eigenvalue weighted by atomic mass is 10.0. The van der Waals surface area contributed by atoms with Gasteiger partial charge in [-0.1, -0.05) is 13.3 Å². The number of piperazine rings is 1. The van der Waals surface area contributed by atoms with Gasteiger partial charge < -0.3 is 14.5 Å². The van der Waals surface area contributed by atoms with E-state index in [0.717, 1.165) is 25.9 Å². The summed E-state index contributed by atoms with van der Waals surface area (Å²) in [6.07, 6.45) is 2.80. The highest BCUT2D eigenvalue weighted by atomic mass is 32.2. The number of morpholine rings is 1. The number of carbonyl (C=O) groups is 2. The molecule has 0 saturated carbocycles. The Morgan fingerprint density at radius 1 is 0.931 bits per heavy atom. The SMILES string of the molecule is CCCS(=O)(=O)N1CCCCC1C(=O)N1CCN(C(=O)CN2CCOCC2)CC1. The highest BCUT2D eigenvalue weighted by Gasteiger charge is 2.39. The van der Waals surface area contributed by atoms with Crippen molar-refractivity contribution in [3.05, 3.63) is 0 Å². The van der Waals surface area contributed by atoms with Crippen LogP contribution in [-0.4, -0.2) is 117 Å². The van der Waals surface area contributed by atoms with Crippen molar-refractivity contribution in [2.45, 2.75) is 38.6 Å². The zero-order chi connectivity index (χ0) is 20.9. The first-order valence-electron chi connectivity index (χ1n) is 10.8. The minimum Gasteiger partial charge on any atom is -0.379 e. The van der Waals surface area contributed by atoms with Crippen LogP contribution in [0.3, 0.4) is 0 Å². The maximum absolute atomic E-state index is 13.1. The van der Waals surface area contributed by atoms with E-state index in [2.05, 4.69) is 4.90 Å². The van der Waals surface area contributed by atoms with E-state index in [4.69, 9.17) is 4.74 Å². The molecule has 0 aromatic rings. The Kier molecular flexibility index (Phi) is 7.89. The average molecular weight is 431 g/mol. The number of piperidine rings is 1. The smallest absolute Gasteiger partial charge is 0.241 e. The van der Waals surface area contributed by atoms with E-state index < -0.39 is 16.1 Å². The van der Waals surface area contributed by atoms with Crippen molar-refractivity contribution in [2.24, 2.45) is 0 Å². The van der Waals surface area contributed by atoms with Crippen molar-refractivity contribution in [3.63, 3.8) is 0 Å². The number of amides is 2. The highest BCUT2D eigenvalue weighted by Crippen LogP contribution is 2.23. The monoisotopic (exact) mass is 430 g/mol. The Balaban J connectivity index is 1.53. The summed E-state index contributed by atoms with van der Waals surface area (Å²) in [5.41, 5.74) is 0. The normalized spacial score (nSPS) is 25.2. The Bertz CT molecular complexity index is 672. The number of ether oxygens (including phenoxy) is 1. The highest BCUT2D eigenvalue weighted by molar-refractivity contribution is 7.89. The Labute approximate surface area is 174 Å². The molecule has 29 heavy (non-hydrogen) atoms. The lowest BCUT2D eigenvalue weighted by Crippen LogP contribution is -2.58. The molecule has 0 radical (unpaired) electrons. The molecule has 10 heteroatoms. The number of hydrogen-bond acceptors (Lipinski definition) is 6. The summed E-state index contributed by atoms with van der Waals surface area (Å²) in [5.74, 6) is 0.0640. The van der Waals surface area contributed by atoms with E-state index in [1.54, 1.807) is 4.90 Å². The van der Waals surface area contributed by atoms with E-state index in [1.165, 1.54) is 4.31 Å². The van der Waals surface area contributed by atoms with Crippen molar-refractivity contribution in [3.8, 4) is 0 Å². The van der Waals surface area contributed by atoms with Crippen molar-refractivity contribution in [1.29, 1.82) is 0 Å². The van der Waals surface area contributed by atoms with E-state index in [9.17, 15) is 18.0 Å². The van der Waals surface area contributed by atoms with Gasteiger partial charge in [-0.05, 0) is 19.3 Å². The van der Waals surface area contributed by atoms with Crippen LogP contribution in [-0.2, 0) is 24.3 Å². The van der Waals surface area contributed by atoms with Gasteiger partial charge in [0.15, 0.2) is 0 Å². The van der Waals surface area contributed by atoms with Crippen LogP contribution in [0.1, 0.15) is 32.6 Å². The van der Waals surface area contributed by atoms with Gasteiger partial charge in [-0.15, -0.1) is 0 Å². The van der Waals surface area contributed by atoms with E-state index >= 15 is 0 Å². The number of carbonyl (C=O) groups excluding carboxylic acids is 2. The van der Waals surface area contributed by atoms with Crippen LogP contribution in [0.25, 0.3) is 0 Å². The number of rotatable bonds is 6. The zero-order valence-corrected chi connectivity index (χ0v) is 18.2. The standard InChI is InChI=1S/C19H34N4O5S/c1-2-15-29(26,27)23-6-4-3-5-17(23)19(25)22-9-7-21(8-10-22)18(24)16-20-11-13-28-14-12-20/h17H,2-16H2,1H3. The quantitative estimate of drug-likeness (QED) is 0.569. The van der Waals surface area contributed by atoms with Crippen molar-refractivity contribution in [1.82, 2.24) is 19.0 Å². The molecule has 0 aromatic heterocycles. The topological polar surface area (TPSA) is 90.5 Å². The summed E-state index contributed by atoms with van der Waals surface area (Å²) in [6, 6.07) is -0.587. The molecule has 3 rings (SSSR count). The molecule has 3 heterocycles. The van der Waals surface area contributed by atoms with Gasteiger partial charge in [0, 0.05) is 45.8 Å². The summed E-state index contributed by atoms with van der Waals surface area (Å²) >= 11 is 0. The van der Waals surface area contributed by atoms with Gasteiger partial charge in [0.2, 0.25) is 21.8 Å². The second-order valence-corrected chi connectivity index (χ2v) is 10.1. The predicted molar refractivity (Wildman–Crippen MR) is 109 cm³/mol. The van der Waals surface area contributed by atoms with Crippen LogP contribution in [0.2, 0.25) is 0 Å². The second-order valence-electron chi connectivity index (χ2n) is 8.03. The van der Waals surface area contributed by atoms with Gasteiger partial charge in [0.25, 0.3) is 0 Å². The molecule has 0 N–H and O–H groups in total. The summed E-state index contributed by atoms with van der Waals surface area (Å²) in [7, 11) is -3.40. The Hall–Kier alpha value is -1.23. The van der Waals surface area contributed by atoms with E-state index in [0.29, 0.717) is 65.3 Å². The van der Waals surface area contributed by atoms with Crippen LogP contribution < -0.4 is 0 Å². The molecule has 0 spiro atoms. The third-order valence-electron chi connectivity index (χ3n) is 5.96. The Morgan fingerprint density at radius 2 is 1.59 bits per heavy atom. The van der Waals surface area contributed by atoms with Crippen molar-refractivity contribution >= 4 is 21.8 Å². The maximum atomic E-state index is 13.1. The van der Waals surface area contributed by atoms with Crippen molar-refractivity contribution < 1.29 is 22.7 Å². The fourth-order valence-corrected chi connectivity index (χ4v) is 6.04. The number of hydrogen-bond donors (Lipinski definition) is 0. The van der Waals surface area contributed by atoms with Gasteiger partial charge in [0.1, 0.15) is 6.04 Å². The molecule has 0 aliphatic carbocycles. The average Bonchev–Trinajstić information content (AvgIpc) is 2.74. The fourth-order valence-electron chi connectivity index (χ4n) is 4.30. The lowest BCUT2D eigenvalue weighted by Gasteiger charge is -2.40. The minimum absolute atomic E-state index is 0.0839. The summed E-state index contributed by atoms with van der Waals surface area (Å²) in [4.78, 5) is 31.3. The summed E-state index contributed by atoms with van der Waals surface area (Å²) in [5, 5.41) is 0. The molecule has 1 atom stereocenters. The van der Waals surface area contributed by atoms with Gasteiger partial charge in [0.05, 0.1) is 25.5 Å². The maximum Gasteiger partial charge on any atom is 0.241 e. The lowest BCUT2D eigenvalue weighted by molar-refractivity contribution is -0.143. The molecular weight excluding hydrogens is 396 g/mol. The predicted octanol–water partition coefficient (Wildman–Crippen LogP) is -0.416. The molecule has 0 bridgehead atoms. The van der Waals surface area contributed by atoms with Gasteiger partial charge in [-0.25, -0.2) is 8.42 Å². The molecule has 0 aromatic carbocycles. The van der Waals surface area contributed by atoms with Gasteiger partial charge >= 0.3 is 0 Å². The minimum atomic E-state index is -3.40. The van der Waals surface area contributed by atoms with Crippen LogP contribution >= 0.6 is 0 Å². The first kappa shape index (κ1) is 22.5. The fraction of sp³-hybridized carbons (Fsp3) is 0.895. The summed E-state index contributed by atoms with van der Waals surface area (Å²) < 4.78 is 31.9. The van der Waals surface area contributed by atoms with Gasteiger partial charge in [-0.3, -0.25) is 14.5 Å².